The summed E-state index contributed by atoms with van der Waals surface area (Å²) in [6.45, 7) is 7.08. The molecule has 214 valence electrons. The normalized spacial score (nSPS) is 15.3. The quantitative estimate of drug-likeness (QED) is 0.336. The molecule has 0 aliphatic carbocycles. The molecule has 0 unspecified atom stereocenters. The number of nitrogens with zero attached hydrogens (tertiary/aromatic N) is 3. The van der Waals surface area contributed by atoms with Crippen LogP contribution in [0.2, 0.25) is 5.02 Å². The van der Waals surface area contributed by atoms with Crippen molar-refractivity contribution in [3.63, 3.8) is 0 Å². The maximum Gasteiger partial charge on any atom is 0.268 e. The molecule has 12 heteroatoms. The molecule has 0 saturated heterocycles. The highest BCUT2D eigenvalue weighted by Crippen LogP contribution is 2.42. The van der Waals surface area contributed by atoms with E-state index >= 15 is 4.39 Å². The number of benzene rings is 2. The predicted octanol–water partition coefficient (Wildman–Crippen LogP) is 4.96. The number of anilines is 1. The Labute approximate surface area is 241 Å². The summed E-state index contributed by atoms with van der Waals surface area (Å²) in [4.78, 5) is 32.3. The number of carbonyl (C=O) groups excluding carboxylic acids is 2. The van der Waals surface area contributed by atoms with Gasteiger partial charge in [0, 0.05) is 35.7 Å². The van der Waals surface area contributed by atoms with Gasteiger partial charge < -0.3 is 14.5 Å². The fourth-order valence-corrected chi connectivity index (χ4v) is 5.66. The van der Waals surface area contributed by atoms with Crippen molar-refractivity contribution in [2.45, 2.75) is 51.3 Å². The van der Waals surface area contributed by atoms with E-state index in [1.165, 1.54) is 29.2 Å². The first-order valence-corrected chi connectivity index (χ1v) is 15.1. The van der Waals surface area contributed by atoms with E-state index < -0.39 is 21.8 Å². The predicted molar refractivity (Wildman–Crippen MR) is 154 cm³/mol. The Balaban J connectivity index is 1.60. The molecule has 2 aromatic carbocycles. The molecule has 0 bridgehead atoms. The van der Waals surface area contributed by atoms with Crippen LogP contribution in [0.3, 0.4) is 0 Å². The zero-order valence-corrected chi connectivity index (χ0v) is 24.6. The number of aromatic nitrogens is 2. The SMILES string of the molecule is Cc1nc2cc(F)c(-c3ccc(S(C)(=O)=O)cc3)cn2c1CN1C(=O)[C@@H](C)Oc2c(Cl)cc(C(=O)NC(C)C)cc21. The smallest absolute Gasteiger partial charge is 0.268 e. The summed E-state index contributed by atoms with van der Waals surface area (Å²) in [6.07, 6.45) is 1.84. The van der Waals surface area contributed by atoms with Gasteiger partial charge in [-0.3, -0.25) is 14.5 Å². The third-order valence-corrected chi connectivity index (χ3v) is 8.22. The lowest BCUT2D eigenvalue weighted by atomic mass is 10.1. The summed E-state index contributed by atoms with van der Waals surface area (Å²) < 4.78 is 46.4. The van der Waals surface area contributed by atoms with E-state index in [0.717, 1.165) is 6.26 Å². The molecule has 1 atom stereocenters. The van der Waals surface area contributed by atoms with Crippen LogP contribution in [0.25, 0.3) is 16.8 Å². The fraction of sp³-hybridized carbons (Fsp3) is 0.276. The average molecular weight is 599 g/mol. The summed E-state index contributed by atoms with van der Waals surface area (Å²) in [7, 11) is -3.41. The zero-order valence-electron chi connectivity index (χ0n) is 23.0. The number of sulfone groups is 1. The van der Waals surface area contributed by atoms with Crippen LogP contribution in [0, 0.1) is 12.7 Å². The maximum atomic E-state index is 15.2. The van der Waals surface area contributed by atoms with E-state index in [9.17, 15) is 18.0 Å². The molecule has 0 fully saturated rings. The van der Waals surface area contributed by atoms with Gasteiger partial charge in [-0.05, 0) is 57.5 Å². The van der Waals surface area contributed by atoms with Crippen LogP contribution in [0.1, 0.15) is 42.5 Å². The van der Waals surface area contributed by atoms with Crippen molar-refractivity contribution in [3.8, 4) is 16.9 Å². The van der Waals surface area contributed by atoms with E-state index in [1.807, 2.05) is 13.8 Å². The number of amides is 2. The average Bonchev–Trinajstić information content (AvgIpc) is 3.19. The number of carbonyl (C=O) groups is 2. The number of hydrogen-bond acceptors (Lipinski definition) is 6. The summed E-state index contributed by atoms with van der Waals surface area (Å²) in [5.74, 6) is -0.939. The van der Waals surface area contributed by atoms with Crippen LogP contribution in [0.15, 0.2) is 53.6 Å². The lowest BCUT2D eigenvalue weighted by Crippen LogP contribution is -2.44. The topological polar surface area (TPSA) is 110 Å². The minimum atomic E-state index is -3.41. The Hall–Kier alpha value is -3.96. The molecule has 1 aliphatic rings. The molecule has 3 heterocycles. The Kier molecular flexibility index (Phi) is 7.29. The summed E-state index contributed by atoms with van der Waals surface area (Å²) in [6, 6.07) is 10.2. The molecule has 2 amide bonds. The maximum absolute atomic E-state index is 15.2. The van der Waals surface area contributed by atoms with E-state index in [4.69, 9.17) is 16.3 Å². The van der Waals surface area contributed by atoms with E-state index in [2.05, 4.69) is 10.3 Å². The van der Waals surface area contributed by atoms with Crippen LogP contribution >= 0.6 is 11.6 Å². The molecule has 5 rings (SSSR count). The molecular formula is C29H28ClFN4O5S. The molecule has 0 saturated carbocycles. The zero-order chi connectivity index (χ0) is 29.8. The Bertz CT molecular complexity index is 1820. The minimum absolute atomic E-state index is 0.0379. The van der Waals surface area contributed by atoms with Gasteiger partial charge in [0.2, 0.25) is 0 Å². The number of hydrogen-bond donors (Lipinski definition) is 1. The summed E-state index contributed by atoms with van der Waals surface area (Å²) in [5, 5.41) is 3.01. The van der Waals surface area contributed by atoms with Crippen LogP contribution in [-0.2, 0) is 21.2 Å². The first kappa shape index (κ1) is 28.6. The van der Waals surface area contributed by atoms with Crippen molar-refractivity contribution in [1.82, 2.24) is 14.7 Å². The van der Waals surface area contributed by atoms with Crippen molar-refractivity contribution in [2.24, 2.45) is 0 Å². The van der Waals surface area contributed by atoms with Crippen molar-refractivity contribution in [2.75, 3.05) is 11.2 Å². The van der Waals surface area contributed by atoms with Crippen molar-refractivity contribution >= 4 is 44.6 Å². The lowest BCUT2D eigenvalue weighted by molar-refractivity contribution is -0.125. The highest BCUT2D eigenvalue weighted by atomic mass is 35.5. The third-order valence-electron chi connectivity index (χ3n) is 6.82. The van der Waals surface area contributed by atoms with Crippen molar-refractivity contribution in [1.29, 1.82) is 0 Å². The number of halogens is 2. The Morgan fingerprint density at radius 1 is 1.20 bits per heavy atom. The van der Waals surface area contributed by atoms with Crippen LogP contribution in [0.5, 0.6) is 5.75 Å². The molecule has 1 aliphatic heterocycles. The largest absolute Gasteiger partial charge is 0.477 e. The number of fused-ring (bicyclic) bond motifs is 2. The molecule has 0 spiro atoms. The number of ether oxygens (including phenoxy) is 1. The molecule has 1 N–H and O–H groups in total. The van der Waals surface area contributed by atoms with Gasteiger partial charge in [0.1, 0.15) is 11.5 Å². The van der Waals surface area contributed by atoms with Crippen LogP contribution in [0.4, 0.5) is 10.1 Å². The minimum Gasteiger partial charge on any atom is -0.477 e. The fourth-order valence-electron chi connectivity index (χ4n) is 4.77. The molecule has 41 heavy (non-hydrogen) atoms. The van der Waals surface area contributed by atoms with Gasteiger partial charge in [-0.15, -0.1) is 0 Å². The van der Waals surface area contributed by atoms with Gasteiger partial charge in [-0.2, -0.15) is 0 Å². The van der Waals surface area contributed by atoms with Crippen molar-refractivity contribution in [3.05, 3.63) is 76.5 Å². The standard InChI is InChI=1S/C29H28ClFN4O5S/c1-15(2)32-28(36)19-10-22(30)27-24(11-19)35(29(37)17(4)40-27)14-25-16(3)33-26-12-23(31)21(13-34(25)26)18-6-8-20(9-7-18)41(5,38)39/h6-13,15,17H,14H2,1-5H3,(H,32,36)/t17-/m1/s1. The van der Waals surface area contributed by atoms with Gasteiger partial charge in [0.05, 0.1) is 33.5 Å². The number of pyridine rings is 1. The number of nitrogens with one attached hydrogen (secondary N) is 1. The van der Waals surface area contributed by atoms with Gasteiger partial charge >= 0.3 is 0 Å². The van der Waals surface area contributed by atoms with Crippen LogP contribution < -0.4 is 15.0 Å². The second-order valence-corrected chi connectivity index (χ2v) is 12.7. The van der Waals surface area contributed by atoms with Gasteiger partial charge in [0.15, 0.2) is 21.7 Å². The number of rotatable bonds is 6. The van der Waals surface area contributed by atoms with Crippen LogP contribution in [-0.4, -0.2) is 48.0 Å². The Morgan fingerprint density at radius 2 is 1.88 bits per heavy atom. The van der Waals surface area contributed by atoms with Gasteiger partial charge in [-0.1, -0.05) is 23.7 Å². The lowest BCUT2D eigenvalue weighted by Gasteiger charge is -2.34. The molecule has 4 aromatic rings. The molecular weight excluding hydrogens is 571 g/mol. The van der Waals surface area contributed by atoms with Gasteiger partial charge in [0.25, 0.3) is 11.8 Å². The first-order valence-electron chi connectivity index (χ1n) is 12.8. The second kappa shape index (κ2) is 10.5. The van der Waals surface area contributed by atoms with Gasteiger partial charge in [-0.25, -0.2) is 17.8 Å². The van der Waals surface area contributed by atoms with Crippen molar-refractivity contribution < 1.29 is 27.1 Å². The monoisotopic (exact) mass is 598 g/mol. The Morgan fingerprint density at radius 3 is 2.51 bits per heavy atom. The molecule has 9 nitrogen and oxygen atoms in total. The highest BCUT2D eigenvalue weighted by Gasteiger charge is 2.35. The first-order chi connectivity index (χ1) is 19.2. The second-order valence-electron chi connectivity index (χ2n) is 10.3. The highest BCUT2D eigenvalue weighted by molar-refractivity contribution is 7.90. The van der Waals surface area contributed by atoms with E-state index in [-0.39, 0.29) is 51.2 Å². The molecule has 2 aromatic heterocycles. The van der Waals surface area contributed by atoms with E-state index in [1.54, 1.807) is 42.6 Å². The number of imidazole rings is 1. The van der Waals surface area contributed by atoms with E-state index in [0.29, 0.717) is 28.3 Å². The summed E-state index contributed by atoms with van der Waals surface area (Å²) >= 11 is 6.52. The third kappa shape index (κ3) is 5.39. The molecule has 0 radical (unpaired) electrons. The number of aryl methyl sites for hydroxylation is 1. The summed E-state index contributed by atoms with van der Waals surface area (Å²) in [5.41, 5.74) is 2.83.